The summed E-state index contributed by atoms with van der Waals surface area (Å²) in [6, 6.07) is 4.68. The Morgan fingerprint density at radius 3 is 2.53 bits per heavy atom. The lowest BCUT2D eigenvalue weighted by atomic mass is 10.2. The highest BCUT2D eigenvalue weighted by molar-refractivity contribution is 7.92. The van der Waals surface area contributed by atoms with Crippen LogP contribution in [0.2, 0.25) is 0 Å². The number of sulfone groups is 1. The normalized spacial score (nSPS) is 11.6. The highest BCUT2D eigenvalue weighted by atomic mass is 32.2. The molecule has 0 aliphatic rings. The zero-order chi connectivity index (χ0) is 14.6. The molecule has 0 heterocycles. The Bertz CT molecular complexity index is 565. The van der Waals surface area contributed by atoms with Crippen molar-refractivity contribution < 1.29 is 13.2 Å². The molecular weight excluding hydrogens is 264 g/mol. The van der Waals surface area contributed by atoms with Crippen LogP contribution in [0.25, 0.3) is 0 Å². The van der Waals surface area contributed by atoms with E-state index in [-0.39, 0.29) is 16.5 Å². The van der Waals surface area contributed by atoms with Gasteiger partial charge in [0.15, 0.2) is 9.84 Å². The summed E-state index contributed by atoms with van der Waals surface area (Å²) in [5, 5.41) is 2.58. The lowest BCUT2D eigenvalue weighted by Gasteiger charge is -2.10. The van der Waals surface area contributed by atoms with Gasteiger partial charge in [-0.25, -0.2) is 8.42 Å². The second-order valence-electron chi connectivity index (χ2n) is 5.00. The third-order valence-electron chi connectivity index (χ3n) is 2.53. The van der Waals surface area contributed by atoms with Crippen LogP contribution in [0.4, 0.5) is 5.69 Å². The monoisotopic (exact) mass is 284 g/mol. The number of rotatable bonds is 5. The molecule has 0 aromatic heterocycles. The van der Waals surface area contributed by atoms with Crippen molar-refractivity contribution in [1.29, 1.82) is 0 Å². The molecule has 6 heteroatoms. The number of nitrogens with one attached hydrogen (secondary N) is 1. The molecule has 0 aliphatic carbocycles. The van der Waals surface area contributed by atoms with Crippen LogP contribution in [0, 0.1) is 12.8 Å². The van der Waals surface area contributed by atoms with Crippen LogP contribution in [0.5, 0.6) is 0 Å². The minimum atomic E-state index is -3.69. The molecule has 106 valence electrons. The molecule has 0 aliphatic heterocycles. The van der Waals surface area contributed by atoms with E-state index in [4.69, 9.17) is 5.73 Å². The van der Waals surface area contributed by atoms with Gasteiger partial charge < -0.3 is 11.1 Å². The van der Waals surface area contributed by atoms with Gasteiger partial charge in [-0.1, -0.05) is 19.9 Å². The molecule has 0 bridgehead atoms. The zero-order valence-corrected chi connectivity index (χ0v) is 12.3. The number of amides is 1. The fourth-order valence-electron chi connectivity index (χ4n) is 1.57. The van der Waals surface area contributed by atoms with Gasteiger partial charge in [0.25, 0.3) is 0 Å². The van der Waals surface area contributed by atoms with Crippen LogP contribution in [0.3, 0.4) is 0 Å². The van der Waals surface area contributed by atoms with Crippen LogP contribution in [-0.4, -0.2) is 26.6 Å². The molecule has 0 radical (unpaired) electrons. The van der Waals surface area contributed by atoms with Crippen LogP contribution >= 0.6 is 0 Å². The molecule has 0 saturated carbocycles. The highest BCUT2D eigenvalue weighted by Crippen LogP contribution is 2.20. The van der Waals surface area contributed by atoms with Crippen molar-refractivity contribution in [3.8, 4) is 0 Å². The summed E-state index contributed by atoms with van der Waals surface area (Å²) in [6.45, 7) is 6.15. The van der Waals surface area contributed by atoms with E-state index in [1.165, 1.54) is 6.07 Å². The maximum absolute atomic E-state index is 12.1. The summed E-state index contributed by atoms with van der Waals surface area (Å²) >= 11 is 0. The molecular formula is C13H20N2O3S. The summed E-state index contributed by atoms with van der Waals surface area (Å²) < 4.78 is 24.2. The smallest absolute Gasteiger partial charge is 0.235 e. The maximum atomic E-state index is 12.1. The van der Waals surface area contributed by atoms with Gasteiger partial charge in [0.1, 0.15) is 5.75 Å². The van der Waals surface area contributed by atoms with Crippen LogP contribution in [0.15, 0.2) is 23.1 Å². The SMILES string of the molecule is Cc1ccc(S(=O)(=O)CC(=O)NCC(C)C)c(N)c1. The summed E-state index contributed by atoms with van der Waals surface area (Å²) in [4.78, 5) is 11.6. The van der Waals surface area contributed by atoms with Gasteiger partial charge >= 0.3 is 0 Å². The second kappa shape index (κ2) is 6.06. The Hall–Kier alpha value is -1.56. The minimum Gasteiger partial charge on any atom is -0.398 e. The van der Waals surface area contributed by atoms with Crippen molar-refractivity contribution >= 4 is 21.4 Å². The summed E-state index contributed by atoms with van der Waals surface area (Å²) in [5.41, 5.74) is 6.75. The van der Waals surface area contributed by atoms with Gasteiger partial charge in [-0.15, -0.1) is 0 Å². The molecule has 1 rings (SSSR count). The molecule has 0 unspecified atom stereocenters. The van der Waals surface area contributed by atoms with Gasteiger partial charge in [-0.2, -0.15) is 0 Å². The highest BCUT2D eigenvalue weighted by Gasteiger charge is 2.21. The fourth-order valence-corrected chi connectivity index (χ4v) is 2.87. The largest absolute Gasteiger partial charge is 0.398 e. The Morgan fingerprint density at radius 1 is 1.37 bits per heavy atom. The molecule has 19 heavy (non-hydrogen) atoms. The molecule has 1 aromatic rings. The van der Waals surface area contributed by atoms with Crippen molar-refractivity contribution in [2.75, 3.05) is 18.0 Å². The van der Waals surface area contributed by atoms with Gasteiger partial charge in [0.05, 0.1) is 10.6 Å². The van der Waals surface area contributed by atoms with Gasteiger partial charge in [-0.05, 0) is 30.5 Å². The van der Waals surface area contributed by atoms with Crippen molar-refractivity contribution in [2.24, 2.45) is 5.92 Å². The van der Waals surface area contributed by atoms with Crippen molar-refractivity contribution in [2.45, 2.75) is 25.7 Å². The van der Waals surface area contributed by atoms with E-state index in [1.54, 1.807) is 12.1 Å². The molecule has 0 atom stereocenters. The average molecular weight is 284 g/mol. The zero-order valence-electron chi connectivity index (χ0n) is 11.4. The standard InChI is InChI=1S/C13H20N2O3S/c1-9(2)7-15-13(16)8-19(17,18)12-5-4-10(3)6-11(12)14/h4-6,9H,7-8,14H2,1-3H3,(H,15,16). The predicted octanol–water partition coefficient (Wildman–Crippen LogP) is 1.12. The van der Waals surface area contributed by atoms with Gasteiger partial charge in [-0.3, -0.25) is 4.79 Å². The topological polar surface area (TPSA) is 89.3 Å². The lowest BCUT2D eigenvalue weighted by molar-refractivity contribution is -0.118. The third kappa shape index (κ3) is 4.55. The Balaban J connectivity index is 2.84. The number of carbonyl (C=O) groups is 1. The molecule has 0 fully saturated rings. The van der Waals surface area contributed by atoms with Crippen LogP contribution in [-0.2, 0) is 14.6 Å². The van der Waals surface area contributed by atoms with E-state index in [2.05, 4.69) is 5.32 Å². The van der Waals surface area contributed by atoms with Crippen LogP contribution in [0.1, 0.15) is 19.4 Å². The lowest BCUT2D eigenvalue weighted by Crippen LogP contribution is -2.33. The number of aryl methyl sites for hydroxylation is 1. The van der Waals surface area contributed by atoms with Crippen molar-refractivity contribution in [3.63, 3.8) is 0 Å². The first-order chi connectivity index (χ1) is 8.72. The Kier molecular flexibility index (Phi) is 4.94. The number of nitrogen functional groups attached to an aromatic ring is 1. The Morgan fingerprint density at radius 2 is 2.00 bits per heavy atom. The van der Waals surface area contributed by atoms with E-state index in [1.807, 2.05) is 20.8 Å². The first-order valence-corrected chi connectivity index (χ1v) is 7.73. The third-order valence-corrected chi connectivity index (χ3v) is 4.21. The van der Waals surface area contributed by atoms with Crippen LogP contribution < -0.4 is 11.1 Å². The molecule has 0 saturated heterocycles. The molecule has 1 amide bonds. The fraction of sp³-hybridized carbons (Fsp3) is 0.462. The van der Waals surface area contributed by atoms with E-state index in [0.29, 0.717) is 6.54 Å². The Labute approximate surface area is 114 Å². The number of carbonyl (C=O) groups excluding carboxylic acids is 1. The quantitative estimate of drug-likeness (QED) is 0.793. The summed E-state index contributed by atoms with van der Waals surface area (Å²) in [6.07, 6.45) is 0. The maximum Gasteiger partial charge on any atom is 0.235 e. The van der Waals surface area contributed by atoms with E-state index < -0.39 is 21.5 Å². The number of hydrogen-bond acceptors (Lipinski definition) is 4. The summed E-state index contributed by atoms with van der Waals surface area (Å²) in [7, 11) is -3.69. The van der Waals surface area contributed by atoms with E-state index in [9.17, 15) is 13.2 Å². The summed E-state index contributed by atoms with van der Waals surface area (Å²) in [5.74, 6) is -0.808. The first-order valence-electron chi connectivity index (χ1n) is 6.08. The second-order valence-corrected chi connectivity index (χ2v) is 6.96. The average Bonchev–Trinajstić information content (AvgIpc) is 2.25. The van der Waals surface area contributed by atoms with E-state index in [0.717, 1.165) is 5.56 Å². The minimum absolute atomic E-state index is 0.0118. The number of benzene rings is 1. The van der Waals surface area contributed by atoms with Gasteiger partial charge in [0.2, 0.25) is 5.91 Å². The predicted molar refractivity (Wildman–Crippen MR) is 75.5 cm³/mol. The first kappa shape index (κ1) is 15.5. The van der Waals surface area contributed by atoms with Gasteiger partial charge in [0, 0.05) is 6.54 Å². The number of hydrogen-bond donors (Lipinski definition) is 2. The number of nitrogens with two attached hydrogens (primary N) is 1. The van der Waals surface area contributed by atoms with Crippen molar-refractivity contribution in [1.82, 2.24) is 5.32 Å². The molecule has 0 spiro atoms. The number of anilines is 1. The molecule has 5 nitrogen and oxygen atoms in total. The van der Waals surface area contributed by atoms with Crippen molar-refractivity contribution in [3.05, 3.63) is 23.8 Å². The molecule has 1 aromatic carbocycles. The molecule has 3 N–H and O–H groups in total. The van der Waals surface area contributed by atoms with E-state index >= 15 is 0 Å².